The Morgan fingerprint density at radius 2 is 2.23 bits per heavy atom. The van der Waals surface area contributed by atoms with Crippen molar-refractivity contribution < 1.29 is 13.9 Å². The molecule has 0 unspecified atom stereocenters. The highest BCUT2D eigenvalue weighted by atomic mass is 16.5. The number of nitrogens with one attached hydrogen (secondary N) is 1. The summed E-state index contributed by atoms with van der Waals surface area (Å²) < 4.78 is 10.9. The molecule has 1 aromatic heterocycles. The standard InChI is InChI=1S/C17H22N2O3/c1-4-5-9-18-16(20)11-15-12(2)22-17(19-15)13-7-6-8-14(10-13)21-3/h6-8,10H,4-5,9,11H2,1-3H3,(H,18,20). The predicted molar refractivity (Wildman–Crippen MR) is 84.8 cm³/mol. The Morgan fingerprint density at radius 3 is 2.95 bits per heavy atom. The van der Waals surface area contributed by atoms with Crippen molar-refractivity contribution in [3.8, 4) is 17.2 Å². The van der Waals surface area contributed by atoms with Gasteiger partial charge >= 0.3 is 0 Å². The molecule has 0 radical (unpaired) electrons. The molecule has 5 nitrogen and oxygen atoms in total. The van der Waals surface area contributed by atoms with Crippen LogP contribution in [0.2, 0.25) is 0 Å². The van der Waals surface area contributed by atoms with Gasteiger partial charge < -0.3 is 14.5 Å². The number of amides is 1. The van der Waals surface area contributed by atoms with E-state index >= 15 is 0 Å². The largest absolute Gasteiger partial charge is 0.497 e. The van der Waals surface area contributed by atoms with E-state index in [2.05, 4.69) is 17.2 Å². The highest BCUT2D eigenvalue weighted by molar-refractivity contribution is 5.78. The van der Waals surface area contributed by atoms with E-state index in [1.807, 2.05) is 31.2 Å². The van der Waals surface area contributed by atoms with Crippen LogP contribution in [-0.4, -0.2) is 24.5 Å². The van der Waals surface area contributed by atoms with Gasteiger partial charge in [-0.1, -0.05) is 19.4 Å². The van der Waals surface area contributed by atoms with E-state index in [-0.39, 0.29) is 12.3 Å². The van der Waals surface area contributed by atoms with Crippen LogP contribution in [0.15, 0.2) is 28.7 Å². The molecular formula is C17H22N2O3. The van der Waals surface area contributed by atoms with Crippen LogP contribution < -0.4 is 10.1 Å². The molecule has 1 heterocycles. The Hall–Kier alpha value is -2.30. The maximum Gasteiger partial charge on any atom is 0.226 e. The minimum atomic E-state index is -0.0259. The van der Waals surface area contributed by atoms with Crippen LogP contribution >= 0.6 is 0 Å². The van der Waals surface area contributed by atoms with E-state index in [9.17, 15) is 4.79 Å². The second-order valence-corrected chi connectivity index (χ2v) is 5.13. The fraction of sp³-hybridized carbons (Fsp3) is 0.412. The van der Waals surface area contributed by atoms with E-state index in [0.717, 1.165) is 24.2 Å². The average Bonchev–Trinajstić information content (AvgIpc) is 2.88. The molecule has 0 aliphatic carbocycles. The van der Waals surface area contributed by atoms with Gasteiger partial charge in [0.2, 0.25) is 11.8 Å². The van der Waals surface area contributed by atoms with Gasteiger partial charge in [-0.25, -0.2) is 4.98 Å². The number of aromatic nitrogens is 1. The van der Waals surface area contributed by atoms with Gasteiger partial charge in [0.1, 0.15) is 11.5 Å². The third-order valence-electron chi connectivity index (χ3n) is 3.39. The Balaban J connectivity index is 2.09. The number of benzene rings is 1. The van der Waals surface area contributed by atoms with Crippen molar-refractivity contribution in [1.82, 2.24) is 10.3 Å². The minimum absolute atomic E-state index is 0.0259. The van der Waals surface area contributed by atoms with E-state index in [0.29, 0.717) is 23.9 Å². The first-order valence-corrected chi connectivity index (χ1v) is 7.51. The van der Waals surface area contributed by atoms with Crippen LogP contribution in [0.1, 0.15) is 31.2 Å². The molecule has 0 aliphatic rings. The lowest BCUT2D eigenvalue weighted by molar-refractivity contribution is -0.120. The van der Waals surface area contributed by atoms with Crippen LogP contribution in [0.5, 0.6) is 5.75 Å². The molecule has 118 valence electrons. The van der Waals surface area contributed by atoms with Gasteiger partial charge in [0, 0.05) is 12.1 Å². The van der Waals surface area contributed by atoms with Crippen LogP contribution in [0.4, 0.5) is 0 Å². The van der Waals surface area contributed by atoms with Crippen LogP contribution in [0, 0.1) is 6.92 Å². The summed E-state index contributed by atoms with van der Waals surface area (Å²) in [5, 5.41) is 2.89. The molecule has 1 amide bonds. The topological polar surface area (TPSA) is 64.4 Å². The van der Waals surface area contributed by atoms with Crippen molar-refractivity contribution in [3.05, 3.63) is 35.7 Å². The summed E-state index contributed by atoms with van der Waals surface area (Å²) in [4.78, 5) is 16.3. The van der Waals surface area contributed by atoms with Crippen LogP contribution in [0.3, 0.4) is 0 Å². The van der Waals surface area contributed by atoms with Crippen LogP contribution in [0.25, 0.3) is 11.5 Å². The molecule has 22 heavy (non-hydrogen) atoms. The van der Waals surface area contributed by atoms with Crippen molar-refractivity contribution in [2.75, 3.05) is 13.7 Å². The Morgan fingerprint density at radius 1 is 1.41 bits per heavy atom. The number of oxazole rings is 1. The number of nitrogens with zero attached hydrogens (tertiary/aromatic N) is 1. The first-order chi connectivity index (χ1) is 10.6. The maximum atomic E-state index is 11.9. The first kappa shape index (κ1) is 16.1. The number of hydrogen-bond acceptors (Lipinski definition) is 4. The number of hydrogen-bond donors (Lipinski definition) is 1. The molecule has 0 aliphatic heterocycles. The molecule has 0 spiro atoms. The molecule has 1 aromatic carbocycles. The molecule has 5 heteroatoms. The maximum absolute atomic E-state index is 11.9. The molecule has 0 saturated carbocycles. The molecule has 0 fully saturated rings. The second kappa shape index (κ2) is 7.64. The quantitative estimate of drug-likeness (QED) is 0.798. The zero-order chi connectivity index (χ0) is 15.9. The average molecular weight is 302 g/mol. The van der Waals surface area contributed by atoms with Crippen molar-refractivity contribution in [3.63, 3.8) is 0 Å². The van der Waals surface area contributed by atoms with E-state index in [4.69, 9.17) is 9.15 Å². The summed E-state index contributed by atoms with van der Waals surface area (Å²) in [7, 11) is 1.62. The number of unbranched alkanes of at least 4 members (excludes halogenated alkanes) is 1. The van der Waals surface area contributed by atoms with Crippen molar-refractivity contribution in [2.45, 2.75) is 33.1 Å². The van der Waals surface area contributed by atoms with E-state index in [1.165, 1.54) is 0 Å². The van der Waals surface area contributed by atoms with Gasteiger partial charge in [-0.3, -0.25) is 4.79 Å². The summed E-state index contributed by atoms with van der Waals surface area (Å²) >= 11 is 0. The smallest absolute Gasteiger partial charge is 0.226 e. The number of carbonyl (C=O) groups is 1. The first-order valence-electron chi connectivity index (χ1n) is 7.51. The predicted octanol–water partition coefficient (Wildman–Crippen LogP) is 3.12. The lowest BCUT2D eigenvalue weighted by Gasteiger charge is -2.02. The SMILES string of the molecule is CCCCNC(=O)Cc1nc(-c2cccc(OC)c2)oc1C. The monoisotopic (exact) mass is 302 g/mol. The number of carbonyl (C=O) groups excluding carboxylic acids is 1. The number of rotatable bonds is 7. The second-order valence-electron chi connectivity index (χ2n) is 5.13. The van der Waals surface area contributed by atoms with Gasteiger partial charge in [-0.05, 0) is 31.5 Å². The fourth-order valence-corrected chi connectivity index (χ4v) is 2.09. The number of ether oxygens (including phenoxy) is 1. The lowest BCUT2D eigenvalue weighted by atomic mass is 10.2. The van der Waals surface area contributed by atoms with Crippen molar-refractivity contribution in [1.29, 1.82) is 0 Å². The van der Waals surface area contributed by atoms with Crippen molar-refractivity contribution in [2.24, 2.45) is 0 Å². The van der Waals surface area contributed by atoms with E-state index < -0.39 is 0 Å². The highest BCUT2D eigenvalue weighted by Gasteiger charge is 2.14. The lowest BCUT2D eigenvalue weighted by Crippen LogP contribution is -2.26. The molecule has 1 N–H and O–H groups in total. The summed E-state index contributed by atoms with van der Waals surface area (Å²) in [6, 6.07) is 7.50. The van der Waals surface area contributed by atoms with Gasteiger partial charge in [0.05, 0.1) is 19.2 Å². The third-order valence-corrected chi connectivity index (χ3v) is 3.39. The van der Waals surface area contributed by atoms with Crippen molar-refractivity contribution >= 4 is 5.91 Å². The molecule has 0 bridgehead atoms. The third kappa shape index (κ3) is 4.10. The number of methoxy groups -OCH3 is 1. The fourth-order valence-electron chi connectivity index (χ4n) is 2.09. The van der Waals surface area contributed by atoms with Gasteiger partial charge in [-0.2, -0.15) is 0 Å². The molecule has 2 rings (SSSR count). The summed E-state index contributed by atoms with van der Waals surface area (Å²) in [5.41, 5.74) is 1.51. The molecular weight excluding hydrogens is 280 g/mol. The minimum Gasteiger partial charge on any atom is -0.497 e. The molecule has 0 atom stereocenters. The zero-order valence-electron chi connectivity index (χ0n) is 13.3. The number of aryl methyl sites for hydroxylation is 1. The zero-order valence-corrected chi connectivity index (χ0v) is 13.3. The van der Waals surface area contributed by atoms with Gasteiger partial charge in [-0.15, -0.1) is 0 Å². The molecule has 0 saturated heterocycles. The highest BCUT2D eigenvalue weighted by Crippen LogP contribution is 2.25. The van der Waals surface area contributed by atoms with E-state index in [1.54, 1.807) is 7.11 Å². The Labute approximate surface area is 130 Å². The normalized spacial score (nSPS) is 10.5. The van der Waals surface area contributed by atoms with Gasteiger partial charge in [0.15, 0.2) is 0 Å². The Kier molecular flexibility index (Phi) is 5.58. The van der Waals surface area contributed by atoms with Gasteiger partial charge in [0.25, 0.3) is 0 Å². The Bertz CT molecular complexity index is 635. The van der Waals surface area contributed by atoms with Crippen LogP contribution in [-0.2, 0) is 11.2 Å². The summed E-state index contributed by atoms with van der Waals surface area (Å²) in [5.74, 6) is 1.89. The summed E-state index contributed by atoms with van der Waals surface area (Å²) in [6.45, 7) is 4.62. The molecule has 2 aromatic rings. The summed E-state index contributed by atoms with van der Waals surface area (Å²) in [6.07, 6.45) is 2.28.